The lowest BCUT2D eigenvalue weighted by molar-refractivity contribution is -0.156. The number of nitrogens with zero attached hydrogens (tertiary/aromatic N) is 6. The number of hydrogen-bond acceptors (Lipinski definition) is 7. The summed E-state index contributed by atoms with van der Waals surface area (Å²) in [5.41, 5.74) is 0.990. The fourth-order valence-corrected chi connectivity index (χ4v) is 7.23. The van der Waals surface area contributed by atoms with E-state index in [1.54, 1.807) is 34.6 Å². The van der Waals surface area contributed by atoms with Gasteiger partial charge in [-0.1, -0.05) is 0 Å². The number of aromatic nitrogens is 6. The zero-order chi connectivity index (χ0) is 23.2. The van der Waals surface area contributed by atoms with Crippen LogP contribution in [0.4, 0.5) is 16.0 Å². The van der Waals surface area contributed by atoms with E-state index >= 15 is 0 Å². The van der Waals surface area contributed by atoms with Crippen LogP contribution in [0.2, 0.25) is 0 Å². The average Bonchev–Trinajstić information content (AvgIpc) is 3.03. The Morgan fingerprint density at radius 3 is 2.50 bits per heavy atom. The maximum absolute atomic E-state index is 14.7. The largest absolute Gasteiger partial charge is 0.390 e. The highest BCUT2D eigenvalue weighted by atomic mass is 19.1. The van der Waals surface area contributed by atoms with Crippen molar-refractivity contribution in [2.24, 2.45) is 18.9 Å². The van der Waals surface area contributed by atoms with Gasteiger partial charge in [0.1, 0.15) is 11.3 Å². The molecule has 0 aliphatic heterocycles. The molecule has 8 rings (SSSR count). The molecule has 34 heavy (non-hydrogen) atoms. The molecule has 4 saturated carbocycles. The number of rotatable bonds is 3. The molecule has 4 fully saturated rings. The predicted molar refractivity (Wildman–Crippen MR) is 123 cm³/mol. The second-order valence-corrected chi connectivity index (χ2v) is 10.5. The van der Waals surface area contributed by atoms with E-state index in [0.717, 1.165) is 32.1 Å². The summed E-state index contributed by atoms with van der Waals surface area (Å²) in [6.45, 7) is 0. The van der Waals surface area contributed by atoms with Crippen molar-refractivity contribution in [1.29, 1.82) is 0 Å². The van der Waals surface area contributed by atoms with Gasteiger partial charge in [0.2, 0.25) is 5.95 Å². The molecule has 3 aromatic heterocycles. The second kappa shape index (κ2) is 6.59. The van der Waals surface area contributed by atoms with E-state index in [2.05, 4.69) is 25.3 Å². The molecule has 2 unspecified atom stereocenters. The Bertz CT molecular complexity index is 1530. The molecule has 1 aromatic carbocycles. The standard InChI is InChI=1S/C24H24FN7O2/c1-31-19-11-28-21(29-16-6-18-17(5-15(16)25)26-2-3-27-18)30-20(19)32(22(31)33)23-7-13-4-14(8-23)10-24(34,9-13)12-23/h2-3,5-6,11,13-14,34H,4,7-10,12H2,1H3,(H,28,29,30). The highest BCUT2D eigenvalue weighted by Gasteiger charge is 2.59. The monoisotopic (exact) mass is 461 g/mol. The fourth-order valence-electron chi connectivity index (χ4n) is 7.23. The molecule has 4 aromatic rings. The van der Waals surface area contributed by atoms with Gasteiger partial charge in [-0.25, -0.2) is 14.2 Å². The zero-order valence-electron chi connectivity index (χ0n) is 18.7. The Balaban J connectivity index is 1.35. The lowest BCUT2D eigenvalue weighted by Crippen LogP contribution is -2.61. The van der Waals surface area contributed by atoms with Crippen LogP contribution in [0.15, 0.2) is 35.5 Å². The minimum Gasteiger partial charge on any atom is -0.390 e. The summed E-state index contributed by atoms with van der Waals surface area (Å²) in [5, 5.41) is 14.2. The van der Waals surface area contributed by atoms with Crippen LogP contribution in [0.5, 0.6) is 0 Å². The van der Waals surface area contributed by atoms with Crippen LogP contribution in [0.1, 0.15) is 38.5 Å². The smallest absolute Gasteiger partial charge is 0.330 e. The molecule has 174 valence electrons. The zero-order valence-corrected chi connectivity index (χ0v) is 18.7. The molecule has 4 aliphatic rings. The van der Waals surface area contributed by atoms with Crippen LogP contribution in [0.3, 0.4) is 0 Å². The van der Waals surface area contributed by atoms with Crippen molar-refractivity contribution in [2.75, 3.05) is 5.32 Å². The molecular formula is C24H24FN7O2. The number of benzene rings is 1. The molecule has 2 N–H and O–H groups in total. The minimum absolute atomic E-state index is 0.154. The van der Waals surface area contributed by atoms with Crippen LogP contribution < -0.4 is 11.0 Å². The third-order valence-corrected chi connectivity index (χ3v) is 8.08. The number of hydrogen-bond donors (Lipinski definition) is 2. The highest BCUT2D eigenvalue weighted by Crippen LogP contribution is 2.60. The Labute approximate surface area is 193 Å². The number of aliphatic hydroxyl groups is 1. The third kappa shape index (κ3) is 2.78. The number of fused-ring (bicyclic) bond motifs is 2. The second-order valence-electron chi connectivity index (χ2n) is 10.5. The molecule has 3 heterocycles. The Morgan fingerprint density at radius 1 is 1.09 bits per heavy atom. The average molecular weight is 462 g/mol. The van der Waals surface area contributed by atoms with Gasteiger partial charge in [0, 0.05) is 25.5 Å². The van der Waals surface area contributed by atoms with Crippen LogP contribution >= 0.6 is 0 Å². The first-order valence-corrected chi connectivity index (χ1v) is 11.7. The molecule has 0 spiro atoms. The van der Waals surface area contributed by atoms with Crippen molar-refractivity contribution < 1.29 is 9.50 Å². The number of imidazole rings is 1. The summed E-state index contributed by atoms with van der Waals surface area (Å²) >= 11 is 0. The van der Waals surface area contributed by atoms with E-state index in [1.807, 2.05) is 0 Å². The normalized spacial score (nSPS) is 29.9. The molecule has 2 atom stereocenters. The highest BCUT2D eigenvalue weighted by molar-refractivity contribution is 5.80. The van der Waals surface area contributed by atoms with Gasteiger partial charge >= 0.3 is 5.69 Å². The summed E-state index contributed by atoms with van der Waals surface area (Å²) in [4.78, 5) is 30.9. The van der Waals surface area contributed by atoms with Crippen molar-refractivity contribution in [2.45, 2.75) is 49.7 Å². The number of anilines is 2. The van der Waals surface area contributed by atoms with Crippen LogP contribution in [0, 0.1) is 17.7 Å². The van der Waals surface area contributed by atoms with Crippen molar-refractivity contribution in [3.63, 3.8) is 0 Å². The molecule has 4 aliphatic carbocycles. The van der Waals surface area contributed by atoms with Gasteiger partial charge in [0.15, 0.2) is 5.65 Å². The van der Waals surface area contributed by atoms with E-state index in [-0.39, 0.29) is 17.3 Å². The SMILES string of the molecule is Cn1c(=O)n(C23CC4CC(CC(O)(C4)C2)C3)c2nc(Nc3cc4nccnc4cc3F)ncc21. The van der Waals surface area contributed by atoms with Crippen molar-refractivity contribution >= 4 is 33.8 Å². The first-order valence-electron chi connectivity index (χ1n) is 11.7. The Morgan fingerprint density at radius 2 is 1.79 bits per heavy atom. The number of nitrogens with one attached hydrogen (secondary N) is 1. The molecule has 9 nitrogen and oxygen atoms in total. The predicted octanol–water partition coefficient (Wildman–Crippen LogP) is 3.00. The third-order valence-electron chi connectivity index (χ3n) is 8.08. The van der Waals surface area contributed by atoms with Crippen LogP contribution in [-0.4, -0.2) is 39.8 Å². The van der Waals surface area contributed by atoms with Crippen molar-refractivity contribution in [1.82, 2.24) is 29.1 Å². The van der Waals surface area contributed by atoms with E-state index in [1.165, 1.54) is 12.3 Å². The maximum Gasteiger partial charge on any atom is 0.330 e. The molecule has 0 saturated heterocycles. The summed E-state index contributed by atoms with van der Waals surface area (Å²) in [6, 6.07) is 2.88. The van der Waals surface area contributed by atoms with E-state index in [0.29, 0.717) is 40.5 Å². The molecule has 4 bridgehead atoms. The topological polar surface area (TPSA) is 111 Å². The summed E-state index contributed by atoms with van der Waals surface area (Å²) in [7, 11) is 1.72. The van der Waals surface area contributed by atoms with E-state index in [9.17, 15) is 14.3 Å². The van der Waals surface area contributed by atoms with E-state index < -0.39 is 17.0 Å². The first kappa shape index (κ1) is 20.0. The molecule has 0 amide bonds. The molecule has 0 radical (unpaired) electrons. The number of aryl methyl sites for hydroxylation is 1. The lowest BCUT2D eigenvalue weighted by atomic mass is 9.51. The summed E-state index contributed by atoms with van der Waals surface area (Å²) in [5.74, 6) is 0.532. The van der Waals surface area contributed by atoms with Gasteiger partial charge in [-0.2, -0.15) is 4.98 Å². The lowest BCUT2D eigenvalue weighted by Gasteiger charge is -2.60. The summed E-state index contributed by atoms with van der Waals surface area (Å²) in [6.07, 6.45) is 9.72. The quantitative estimate of drug-likeness (QED) is 0.483. The van der Waals surface area contributed by atoms with Crippen molar-refractivity contribution in [3.05, 3.63) is 47.0 Å². The maximum atomic E-state index is 14.7. The van der Waals surface area contributed by atoms with Gasteiger partial charge in [-0.15, -0.1) is 0 Å². The Hall–Kier alpha value is -3.40. The fraction of sp³-hybridized carbons (Fsp3) is 0.458. The Kier molecular flexibility index (Phi) is 3.88. The van der Waals surface area contributed by atoms with Gasteiger partial charge in [-0.3, -0.25) is 19.1 Å². The van der Waals surface area contributed by atoms with Gasteiger partial charge in [-0.05, 0) is 56.4 Å². The van der Waals surface area contributed by atoms with Gasteiger partial charge in [0.05, 0.1) is 34.1 Å². The minimum atomic E-state index is -0.713. The van der Waals surface area contributed by atoms with E-state index in [4.69, 9.17) is 0 Å². The molecular weight excluding hydrogens is 437 g/mol. The van der Waals surface area contributed by atoms with Gasteiger partial charge < -0.3 is 10.4 Å². The van der Waals surface area contributed by atoms with Crippen LogP contribution in [-0.2, 0) is 12.6 Å². The van der Waals surface area contributed by atoms with Crippen molar-refractivity contribution in [3.8, 4) is 0 Å². The van der Waals surface area contributed by atoms with Crippen LogP contribution in [0.25, 0.3) is 22.2 Å². The van der Waals surface area contributed by atoms with Gasteiger partial charge in [0.25, 0.3) is 0 Å². The summed E-state index contributed by atoms with van der Waals surface area (Å²) < 4.78 is 18.1. The number of halogens is 1. The molecule has 10 heteroatoms. The first-order chi connectivity index (χ1) is 16.3.